The maximum absolute atomic E-state index is 15.2. The number of benzene rings is 4. The van der Waals surface area contributed by atoms with E-state index in [1.165, 1.54) is 99.0 Å². The molecule has 4 unspecified atom stereocenters. The fourth-order valence-electron chi connectivity index (χ4n) is 6.82. The van der Waals surface area contributed by atoms with Crippen molar-refractivity contribution in [2.24, 2.45) is 0 Å². The molecule has 0 saturated carbocycles. The van der Waals surface area contributed by atoms with Gasteiger partial charge in [-0.25, -0.2) is 18.4 Å². The molecule has 54 heavy (non-hydrogen) atoms. The van der Waals surface area contributed by atoms with E-state index < -0.39 is 82.1 Å². The molecule has 14 heteroatoms. The monoisotopic (exact) mass is 744 g/mol. The lowest BCUT2D eigenvalue weighted by Gasteiger charge is -2.40. The first kappa shape index (κ1) is 38.5. The van der Waals surface area contributed by atoms with Crippen LogP contribution in [-0.2, 0) is 41.4 Å². The first-order valence-electron chi connectivity index (χ1n) is 17.2. The fourth-order valence-corrected chi connectivity index (χ4v) is 6.82. The van der Waals surface area contributed by atoms with Crippen molar-refractivity contribution in [3.8, 4) is 0 Å². The molecule has 0 aliphatic carbocycles. The number of esters is 2. The number of likely N-dealkylation sites (N-methyl/N-ethyl adjacent to an activating group) is 2. The van der Waals surface area contributed by atoms with Gasteiger partial charge in [0.05, 0.1) is 13.2 Å². The number of Topliss-reactive ketones (excluding diaryl/α,β-unsaturated/α-hetero) is 2. The zero-order valence-corrected chi connectivity index (χ0v) is 29.3. The standard InChI is InChI=1S/C40H38F2N2O10/c1-43-35(31-29-23(19-21-51-31)15-9-17-27(29)41)53-37(47)39(49,33(45)25-11-5-3-6-12-25)40(50,34(46)26-13-7-4-8-14-26)38(48)54-36(44-2)32-30-24(20-22-52-32)16-10-18-28(30)42/h3-18,31-32,35-36,43-44,49-50H,19-22H2,1-2H3/t31-,32-,35?,36?,39?,40?/m1/s1. The third kappa shape index (κ3) is 6.83. The average Bonchev–Trinajstić information content (AvgIpc) is 3.21. The highest BCUT2D eigenvalue weighted by molar-refractivity contribution is 6.29. The molecule has 0 aromatic heterocycles. The summed E-state index contributed by atoms with van der Waals surface area (Å²) < 4.78 is 53.3. The first-order chi connectivity index (χ1) is 26.0. The van der Waals surface area contributed by atoms with Crippen molar-refractivity contribution < 1.29 is 57.1 Å². The Bertz CT molecular complexity index is 1890. The van der Waals surface area contributed by atoms with Crippen LogP contribution in [0.4, 0.5) is 8.78 Å². The van der Waals surface area contributed by atoms with Gasteiger partial charge in [0.2, 0.25) is 11.6 Å². The van der Waals surface area contributed by atoms with Gasteiger partial charge in [0, 0.05) is 22.3 Å². The molecule has 0 amide bonds. The van der Waals surface area contributed by atoms with Crippen molar-refractivity contribution in [1.82, 2.24) is 10.6 Å². The Kier molecular flexibility index (Phi) is 11.4. The second-order valence-electron chi connectivity index (χ2n) is 12.7. The molecule has 0 spiro atoms. The van der Waals surface area contributed by atoms with E-state index in [0.717, 1.165) is 0 Å². The molecule has 2 heterocycles. The van der Waals surface area contributed by atoms with E-state index in [1.54, 1.807) is 12.1 Å². The molecule has 0 bridgehead atoms. The maximum Gasteiger partial charge on any atom is 0.352 e. The number of hydrogen-bond acceptors (Lipinski definition) is 12. The highest BCUT2D eigenvalue weighted by Gasteiger charge is 2.71. The van der Waals surface area contributed by atoms with E-state index >= 15 is 8.78 Å². The molecule has 6 atom stereocenters. The van der Waals surface area contributed by atoms with E-state index in [4.69, 9.17) is 18.9 Å². The molecule has 4 aromatic rings. The number of ether oxygens (including phenoxy) is 4. The summed E-state index contributed by atoms with van der Waals surface area (Å²) in [5.41, 5.74) is -7.83. The minimum Gasteiger partial charge on any atom is -0.441 e. The normalized spacial score (nSPS) is 19.8. The number of carbonyl (C=O) groups excluding carboxylic acids is 4. The summed E-state index contributed by atoms with van der Waals surface area (Å²) in [7, 11) is 2.64. The molecular weight excluding hydrogens is 706 g/mol. The molecular formula is C40H38F2N2O10. The minimum absolute atomic E-state index is 0.0284. The van der Waals surface area contributed by atoms with Crippen LogP contribution >= 0.6 is 0 Å². The minimum atomic E-state index is -4.07. The summed E-state index contributed by atoms with van der Waals surface area (Å²) >= 11 is 0. The second kappa shape index (κ2) is 16.0. The number of hydrogen-bond donors (Lipinski definition) is 4. The third-order valence-corrected chi connectivity index (χ3v) is 9.62. The molecule has 4 aromatic carbocycles. The maximum atomic E-state index is 15.2. The number of fused-ring (bicyclic) bond motifs is 2. The van der Waals surface area contributed by atoms with Gasteiger partial charge in [-0.1, -0.05) is 84.9 Å². The number of rotatable bonds is 13. The highest BCUT2D eigenvalue weighted by atomic mass is 19.1. The van der Waals surface area contributed by atoms with Crippen molar-refractivity contribution in [3.63, 3.8) is 0 Å². The first-order valence-corrected chi connectivity index (χ1v) is 17.2. The quantitative estimate of drug-likeness (QED) is 0.0684. The number of halogens is 2. The van der Waals surface area contributed by atoms with Gasteiger partial charge in [-0.05, 0) is 50.2 Å². The van der Waals surface area contributed by atoms with E-state index in [2.05, 4.69) is 10.6 Å². The number of aliphatic hydroxyl groups is 2. The van der Waals surface area contributed by atoms with Gasteiger partial charge in [-0.3, -0.25) is 20.2 Å². The molecule has 0 saturated heterocycles. The lowest BCUT2D eigenvalue weighted by molar-refractivity contribution is -0.209. The summed E-state index contributed by atoms with van der Waals surface area (Å²) in [6, 6.07) is 21.9. The van der Waals surface area contributed by atoms with Crippen LogP contribution in [0.25, 0.3) is 0 Å². The van der Waals surface area contributed by atoms with Crippen LogP contribution in [0.5, 0.6) is 0 Å². The van der Waals surface area contributed by atoms with Gasteiger partial charge < -0.3 is 29.2 Å². The zero-order valence-electron chi connectivity index (χ0n) is 29.3. The SMILES string of the molecule is CNC(OC(=O)C(O)(C(=O)c1ccccc1)C(O)(C(=O)OC(NC)[C@@H]1OCCc2cccc(F)c21)C(=O)c1ccccc1)[C@@H]1OCCc2cccc(F)c21. The summed E-state index contributed by atoms with van der Waals surface area (Å²) in [6.45, 7) is 0.149. The summed E-state index contributed by atoms with van der Waals surface area (Å²) in [4.78, 5) is 58.1. The molecule has 0 fully saturated rings. The van der Waals surface area contributed by atoms with Crippen LogP contribution in [-0.4, -0.2) is 84.7 Å². The predicted molar refractivity (Wildman–Crippen MR) is 187 cm³/mol. The topological polar surface area (TPSA) is 170 Å². The van der Waals surface area contributed by atoms with Crippen LogP contribution in [0.1, 0.15) is 55.2 Å². The molecule has 282 valence electrons. The predicted octanol–water partition coefficient (Wildman–Crippen LogP) is 3.30. The lowest BCUT2D eigenvalue weighted by atomic mass is 9.73. The number of carbonyl (C=O) groups is 4. The lowest BCUT2D eigenvalue weighted by Crippen LogP contribution is -2.73. The summed E-state index contributed by atoms with van der Waals surface area (Å²) in [6.07, 6.45) is -5.30. The zero-order chi connectivity index (χ0) is 38.6. The van der Waals surface area contributed by atoms with Gasteiger partial charge in [0.25, 0.3) is 11.2 Å². The van der Waals surface area contributed by atoms with Crippen LogP contribution in [0, 0.1) is 11.6 Å². The average molecular weight is 745 g/mol. The Morgan fingerprint density at radius 1 is 0.630 bits per heavy atom. The van der Waals surface area contributed by atoms with E-state index in [0.29, 0.717) is 24.0 Å². The third-order valence-electron chi connectivity index (χ3n) is 9.62. The van der Waals surface area contributed by atoms with Crippen molar-refractivity contribution in [2.75, 3.05) is 27.3 Å². The van der Waals surface area contributed by atoms with Crippen molar-refractivity contribution >= 4 is 23.5 Å². The van der Waals surface area contributed by atoms with Crippen LogP contribution in [0.2, 0.25) is 0 Å². The van der Waals surface area contributed by atoms with Gasteiger partial charge in [0.15, 0.2) is 12.5 Å². The Morgan fingerprint density at radius 2 is 1.00 bits per heavy atom. The highest BCUT2D eigenvalue weighted by Crippen LogP contribution is 2.39. The van der Waals surface area contributed by atoms with Crippen LogP contribution < -0.4 is 10.6 Å². The smallest absolute Gasteiger partial charge is 0.352 e. The molecule has 6 rings (SSSR count). The van der Waals surface area contributed by atoms with Gasteiger partial charge >= 0.3 is 11.9 Å². The molecule has 2 aliphatic rings. The van der Waals surface area contributed by atoms with E-state index in [9.17, 15) is 29.4 Å². The van der Waals surface area contributed by atoms with Crippen LogP contribution in [0.3, 0.4) is 0 Å². The Balaban J connectivity index is 1.47. The molecule has 0 radical (unpaired) electrons. The molecule has 12 nitrogen and oxygen atoms in total. The van der Waals surface area contributed by atoms with Gasteiger partial charge in [0.1, 0.15) is 23.8 Å². The van der Waals surface area contributed by atoms with Gasteiger partial charge in [-0.2, -0.15) is 0 Å². The number of nitrogens with one attached hydrogen (secondary N) is 2. The Morgan fingerprint density at radius 3 is 1.35 bits per heavy atom. The van der Waals surface area contributed by atoms with Crippen molar-refractivity contribution in [2.45, 2.75) is 48.7 Å². The van der Waals surface area contributed by atoms with Gasteiger partial charge in [-0.15, -0.1) is 0 Å². The fraction of sp³-hybridized carbons (Fsp3) is 0.300. The Labute approximate surface area is 309 Å². The Hall–Kier alpha value is -5.22. The van der Waals surface area contributed by atoms with Crippen molar-refractivity contribution in [3.05, 3.63) is 142 Å². The summed E-state index contributed by atoms with van der Waals surface area (Å²) in [5, 5.41) is 30.4. The van der Waals surface area contributed by atoms with Crippen LogP contribution in [0.15, 0.2) is 97.1 Å². The van der Waals surface area contributed by atoms with E-state index in [1.807, 2.05) is 0 Å². The number of ketones is 2. The largest absolute Gasteiger partial charge is 0.441 e. The van der Waals surface area contributed by atoms with E-state index in [-0.39, 0.29) is 24.3 Å². The molecule has 4 N–H and O–H groups in total. The summed E-state index contributed by atoms with van der Waals surface area (Å²) in [5.74, 6) is -8.56. The van der Waals surface area contributed by atoms with Crippen molar-refractivity contribution in [1.29, 1.82) is 0 Å². The second-order valence-corrected chi connectivity index (χ2v) is 12.7. The molecule has 2 aliphatic heterocycles.